The van der Waals surface area contributed by atoms with Crippen molar-refractivity contribution in [3.63, 3.8) is 0 Å². The van der Waals surface area contributed by atoms with Crippen LogP contribution in [0.15, 0.2) is 0 Å². The van der Waals surface area contributed by atoms with Crippen molar-refractivity contribution >= 4 is 15.2 Å². The summed E-state index contributed by atoms with van der Waals surface area (Å²) in [6.07, 6.45) is 2.16. The molecule has 0 saturated carbocycles. The minimum absolute atomic E-state index is 0.307. The van der Waals surface area contributed by atoms with Crippen LogP contribution in [0.5, 0.6) is 0 Å². The summed E-state index contributed by atoms with van der Waals surface area (Å²) in [6.45, 7) is 0.687. The van der Waals surface area contributed by atoms with E-state index >= 15 is 0 Å². The highest BCUT2D eigenvalue weighted by Crippen LogP contribution is 2.69. The van der Waals surface area contributed by atoms with Gasteiger partial charge in [-0.3, -0.25) is 14.4 Å². The SMILES string of the molecule is CNC(CC1CCCCN1)(P(=O)(O)O)P(=O)(O)O. The summed E-state index contributed by atoms with van der Waals surface area (Å²) in [5.41, 5.74) is 0. The third-order valence-electron chi connectivity index (χ3n) is 3.31. The molecular weight excluding hydrogens is 282 g/mol. The molecule has 108 valence electrons. The summed E-state index contributed by atoms with van der Waals surface area (Å²) in [4.78, 5) is 37.3. The molecule has 1 atom stereocenters. The van der Waals surface area contributed by atoms with E-state index in [0.717, 1.165) is 19.9 Å². The first-order valence-corrected chi connectivity index (χ1v) is 8.90. The predicted octanol–water partition coefficient (Wildman–Crippen LogP) is -0.253. The van der Waals surface area contributed by atoms with Crippen LogP contribution in [0.3, 0.4) is 0 Å². The highest BCUT2D eigenvalue weighted by molar-refractivity contribution is 7.72. The van der Waals surface area contributed by atoms with Crippen LogP contribution in [0, 0.1) is 0 Å². The van der Waals surface area contributed by atoms with Gasteiger partial charge in [0.05, 0.1) is 0 Å². The van der Waals surface area contributed by atoms with Crippen molar-refractivity contribution < 1.29 is 28.7 Å². The highest BCUT2D eigenvalue weighted by Gasteiger charge is 2.60. The molecule has 1 unspecified atom stereocenters. The average Bonchev–Trinajstić information content (AvgIpc) is 2.23. The molecule has 1 fully saturated rings. The lowest BCUT2D eigenvalue weighted by Crippen LogP contribution is -2.49. The number of piperidine rings is 1. The molecule has 1 aliphatic rings. The highest BCUT2D eigenvalue weighted by atomic mass is 31.2. The maximum Gasteiger partial charge on any atom is 0.357 e. The Morgan fingerprint density at radius 2 is 1.78 bits per heavy atom. The molecule has 1 aliphatic heterocycles. The molecule has 1 rings (SSSR count). The molecule has 6 N–H and O–H groups in total. The minimum atomic E-state index is -5.01. The zero-order chi connectivity index (χ0) is 14.0. The molecule has 0 amide bonds. The number of hydrogen-bond acceptors (Lipinski definition) is 4. The number of hydrogen-bond donors (Lipinski definition) is 6. The van der Waals surface area contributed by atoms with Gasteiger partial charge in [0.15, 0.2) is 0 Å². The van der Waals surface area contributed by atoms with Gasteiger partial charge in [-0.15, -0.1) is 0 Å². The van der Waals surface area contributed by atoms with E-state index in [1.165, 1.54) is 0 Å². The fourth-order valence-corrected chi connectivity index (χ4v) is 5.10. The summed E-state index contributed by atoms with van der Waals surface area (Å²) in [7, 11) is -8.86. The molecule has 0 bridgehead atoms. The van der Waals surface area contributed by atoms with Crippen LogP contribution in [0.25, 0.3) is 0 Å². The third kappa shape index (κ3) is 3.21. The fourth-order valence-electron chi connectivity index (χ4n) is 2.24. The van der Waals surface area contributed by atoms with E-state index in [2.05, 4.69) is 10.6 Å². The summed E-state index contributed by atoms with van der Waals surface area (Å²) < 4.78 is 23.0. The number of nitrogens with one attached hydrogen (secondary N) is 2. The molecular formula is C8H20N2O6P2. The Labute approximate surface area is 105 Å². The second-order valence-corrected chi connectivity index (χ2v) is 8.56. The van der Waals surface area contributed by atoms with Gasteiger partial charge in [-0.1, -0.05) is 6.42 Å². The standard InChI is InChI=1S/C8H20N2O6P2/c1-9-8(17(11,12)13,18(14,15)16)6-7-4-2-3-5-10-7/h7,9-10H,2-6H2,1H3,(H2,11,12,13)(H2,14,15,16). The molecule has 0 aromatic rings. The Balaban J connectivity index is 3.04. The number of rotatable bonds is 5. The van der Waals surface area contributed by atoms with Crippen molar-refractivity contribution in [1.82, 2.24) is 10.6 Å². The molecule has 10 heteroatoms. The van der Waals surface area contributed by atoms with Gasteiger partial charge in [0.25, 0.3) is 0 Å². The Bertz CT molecular complexity index is 350. The van der Waals surface area contributed by atoms with Gasteiger partial charge in [-0.25, -0.2) is 0 Å². The van der Waals surface area contributed by atoms with Gasteiger partial charge >= 0.3 is 15.2 Å². The maximum atomic E-state index is 11.5. The molecule has 0 aromatic carbocycles. The zero-order valence-corrected chi connectivity index (χ0v) is 11.9. The molecule has 0 aromatic heterocycles. The summed E-state index contributed by atoms with van der Waals surface area (Å²) in [6, 6.07) is -0.313. The van der Waals surface area contributed by atoms with E-state index in [1.54, 1.807) is 0 Å². The van der Waals surface area contributed by atoms with E-state index in [0.29, 0.717) is 13.0 Å². The lowest BCUT2D eigenvalue weighted by atomic mass is 10.0. The average molecular weight is 302 g/mol. The Kier molecular flexibility index (Phi) is 5.14. The minimum Gasteiger partial charge on any atom is -0.323 e. The first kappa shape index (κ1) is 16.3. The van der Waals surface area contributed by atoms with Crippen LogP contribution >= 0.6 is 15.2 Å². The lowest BCUT2D eigenvalue weighted by Gasteiger charge is -2.38. The first-order chi connectivity index (χ1) is 8.14. The summed E-state index contributed by atoms with van der Waals surface area (Å²) in [5, 5.41) is 2.70. The second-order valence-electron chi connectivity index (χ2n) is 4.51. The quantitative estimate of drug-likeness (QED) is 0.382. The second kappa shape index (κ2) is 5.69. The van der Waals surface area contributed by atoms with E-state index in [9.17, 15) is 28.7 Å². The van der Waals surface area contributed by atoms with Crippen molar-refractivity contribution in [3.8, 4) is 0 Å². The molecule has 1 heterocycles. The topological polar surface area (TPSA) is 139 Å². The Morgan fingerprint density at radius 1 is 1.22 bits per heavy atom. The van der Waals surface area contributed by atoms with Gasteiger partial charge < -0.3 is 24.9 Å². The third-order valence-corrected chi connectivity index (χ3v) is 7.61. The molecule has 8 nitrogen and oxygen atoms in total. The first-order valence-electron chi connectivity index (χ1n) is 5.67. The van der Waals surface area contributed by atoms with Crippen LogP contribution < -0.4 is 10.6 Å². The van der Waals surface area contributed by atoms with Crippen molar-refractivity contribution in [1.29, 1.82) is 0 Å². The van der Waals surface area contributed by atoms with Crippen LogP contribution in [0.4, 0.5) is 0 Å². The monoisotopic (exact) mass is 302 g/mol. The van der Waals surface area contributed by atoms with Crippen molar-refractivity contribution in [2.24, 2.45) is 0 Å². The lowest BCUT2D eigenvalue weighted by molar-refractivity contribution is 0.262. The molecule has 1 saturated heterocycles. The molecule has 0 spiro atoms. The zero-order valence-electron chi connectivity index (χ0n) is 10.1. The molecule has 0 radical (unpaired) electrons. The normalized spacial score (nSPS) is 23.1. The smallest absolute Gasteiger partial charge is 0.323 e. The van der Waals surface area contributed by atoms with E-state index in [-0.39, 0.29) is 12.5 Å². The van der Waals surface area contributed by atoms with E-state index in [4.69, 9.17) is 0 Å². The molecule has 18 heavy (non-hydrogen) atoms. The van der Waals surface area contributed by atoms with Gasteiger partial charge in [0.1, 0.15) is 0 Å². The largest absolute Gasteiger partial charge is 0.357 e. The van der Waals surface area contributed by atoms with Crippen LogP contribution in [0.2, 0.25) is 0 Å². The Hall–Kier alpha value is 0.220. The van der Waals surface area contributed by atoms with Gasteiger partial charge in [0, 0.05) is 12.5 Å². The van der Waals surface area contributed by atoms with E-state index < -0.39 is 20.2 Å². The Morgan fingerprint density at radius 3 is 2.11 bits per heavy atom. The van der Waals surface area contributed by atoms with Crippen molar-refractivity contribution in [2.45, 2.75) is 36.7 Å². The van der Waals surface area contributed by atoms with Gasteiger partial charge in [0.2, 0.25) is 5.02 Å². The summed E-state index contributed by atoms with van der Waals surface area (Å²) >= 11 is 0. The van der Waals surface area contributed by atoms with Crippen molar-refractivity contribution in [3.05, 3.63) is 0 Å². The summed E-state index contributed by atoms with van der Waals surface area (Å²) in [5.74, 6) is 0. The van der Waals surface area contributed by atoms with Crippen LogP contribution in [0.1, 0.15) is 25.7 Å². The van der Waals surface area contributed by atoms with E-state index in [1.807, 2.05) is 0 Å². The van der Waals surface area contributed by atoms with Crippen molar-refractivity contribution in [2.75, 3.05) is 13.6 Å². The maximum absolute atomic E-state index is 11.5. The van der Waals surface area contributed by atoms with Gasteiger partial charge in [-0.2, -0.15) is 0 Å². The van der Waals surface area contributed by atoms with Crippen LogP contribution in [-0.4, -0.2) is 44.2 Å². The fraction of sp³-hybridized carbons (Fsp3) is 1.00. The van der Waals surface area contributed by atoms with Gasteiger partial charge in [-0.05, 0) is 26.4 Å². The van der Waals surface area contributed by atoms with Crippen LogP contribution in [-0.2, 0) is 9.13 Å². The molecule has 0 aliphatic carbocycles. The predicted molar refractivity (Wildman–Crippen MR) is 66.1 cm³/mol.